The van der Waals surface area contributed by atoms with Crippen LogP contribution in [0.25, 0.3) is 6.08 Å². The zero-order valence-electron chi connectivity index (χ0n) is 13.5. The van der Waals surface area contributed by atoms with Gasteiger partial charge in [0.05, 0.1) is 11.8 Å². The fraction of sp³-hybridized carbons (Fsp3) is 0.389. The van der Waals surface area contributed by atoms with Crippen LogP contribution in [-0.2, 0) is 14.4 Å². The zero-order chi connectivity index (χ0) is 17.5. The molecule has 2 aliphatic rings. The number of rotatable bonds is 4. The molecule has 2 saturated heterocycles. The maximum absolute atomic E-state index is 12.3. The highest BCUT2D eigenvalue weighted by molar-refractivity contribution is 6.09. The quantitative estimate of drug-likeness (QED) is 0.718. The number of amides is 2. The first-order valence-corrected chi connectivity index (χ1v) is 7.97. The first-order chi connectivity index (χ1) is 11.4. The summed E-state index contributed by atoms with van der Waals surface area (Å²) in [5.74, 6) is -4.00. The van der Waals surface area contributed by atoms with Crippen LogP contribution in [0.5, 0.6) is 0 Å². The largest absolute Gasteiger partial charge is 0.480 e. The van der Waals surface area contributed by atoms with Crippen LogP contribution in [0.1, 0.15) is 19.4 Å². The average Bonchev–Trinajstić information content (AvgIpc) is 3.04. The minimum Gasteiger partial charge on any atom is -0.480 e. The molecule has 2 amide bonds. The van der Waals surface area contributed by atoms with Crippen LogP contribution >= 0.6 is 0 Å². The molecule has 0 aliphatic carbocycles. The van der Waals surface area contributed by atoms with Gasteiger partial charge in [0.1, 0.15) is 5.54 Å². The van der Waals surface area contributed by atoms with Gasteiger partial charge in [0.25, 0.3) is 0 Å². The summed E-state index contributed by atoms with van der Waals surface area (Å²) < 4.78 is 0. The van der Waals surface area contributed by atoms with Crippen LogP contribution in [-0.4, -0.2) is 34.5 Å². The summed E-state index contributed by atoms with van der Waals surface area (Å²) >= 11 is 0. The summed E-state index contributed by atoms with van der Waals surface area (Å²) in [4.78, 5) is 36.5. The van der Waals surface area contributed by atoms with Crippen molar-refractivity contribution in [2.45, 2.75) is 25.4 Å². The van der Waals surface area contributed by atoms with E-state index in [4.69, 9.17) is 0 Å². The Hall–Kier alpha value is -2.47. The van der Waals surface area contributed by atoms with E-state index < -0.39 is 41.2 Å². The van der Waals surface area contributed by atoms with Crippen LogP contribution in [0.2, 0.25) is 0 Å². The Morgan fingerprint density at radius 3 is 2.46 bits per heavy atom. The van der Waals surface area contributed by atoms with Crippen LogP contribution in [0.3, 0.4) is 0 Å². The molecule has 4 atom stereocenters. The van der Waals surface area contributed by atoms with Crippen molar-refractivity contribution in [3.63, 3.8) is 0 Å². The van der Waals surface area contributed by atoms with E-state index in [0.29, 0.717) is 0 Å². The summed E-state index contributed by atoms with van der Waals surface area (Å²) in [6.07, 6.45) is 3.61. The molecule has 1 aromatic rings. The van der Waals surface area contributed by atoms with Crippen LogP contribution in [0, 0.1) is 17.8 Å². The molecule has 0 spiro atoms. The van der Waals surface area contributed by atoms with Gasteiger partial charge in [-0.3, -0.25) is 25.0 Å². The molecule has 0 saturated carbocycles. The molecule has 2 aliphatic heterocycles. The van der Waals surface area contributed by atoms with Crippen molar-refractivity contribution in [2.24, 2.45) is 17.8 Å². The molecule has 24 heavy (non-hydrogen) atoms. The maximum atomic E-state index is 12.3. The number of carboxylic acid groups (broad SMARTS) is 1. The van der Waals surface area contributed by atoms with E-state index in [9.17, 15) is 19.5 Å². The van der Waals surface area contributed by atoms with Crippen LogP contribution < -0.4 is 10.6 Å². The number of carbonyl (C=O) groups is 3. The van der Waals surface area contributed by atoms with Gasteiger partial charge in [0, 0.05) is 6.04 Å². The highest BCUT2D eigenvalue weighted by Crippen LogP contribution is 2.44. The SMILES string of the molecule is CC(C)C1(C(=O)O)NC(/C=C/c2ccccc2)C2C(=O)NC(=O)C21. The topological polar surface area (TPSA) is 95.5 Å². The van der Waals surface area contributed by atoms with Crippen LogP contribution in [0.15, 0.2) is 36.4 Å². The molecule has 2 heterocycles. The normalized spacial score (nSPS) is 32.4. The number of benzene rings is 1. The van der Waals surface area contributed by atoms with Crippen molar-refractivity contribution < 1.29 is 19.5 Å². The third-order valence-corrected chi connectivity index (χ3v) is 5.03. The average molecular weight is 328 g/mol. The fourth-order valence-electron chi connectivity index (χ4n) is 3.83. The number of fused-ring (bicyclic) bond motifs is 1. The monoisotopic (exact) mass is 328 g/mol. The van der Waals surface area contributed by atoms with Crippen LogP contribution in [0.4, 0.5) is 0 Å². The summed E-state index contributed by atoms with van der Waals surface area (Å²) in [6, 6.07) is 9.00. The van der Waals surface area contributed by atoms with Crippen molar-refractivity contribution >= 4 is 23.9 Å². The Balaban J connectivity index is 2.00. The maximum Gasteiger partial charge on any atom is 0.325 e. The molecular formula is C18H20N2O4. The molecule has 6 nitrogen and oxygen atoms in total. The van der Waals surface area contributed by atoms with E-state index in [1.54, 1.807) is 19.9 Å². The van der Waals surface area contributed by atoms with Gasteiger partial charge in [-0.05, 0) is 11.5 Å². The third kappa shape index (κ3) is 2.34. The van der Waals surface area contributed by atoms with E-state index in [0.717, 1.165) is 5.56 Å². The summed E-state index contributed by atoms with van der Waals surface area (Å²) in [5.41, 5.74) is -0.509. The van der Waals surface area contributed by atoms with E-state index in [1.807, 2.05) is 36.4 Å². The molecule has 0 aromatic heterocycles. The minimum absolute atomic E-state index is 0.353. The molecule has 126 valence electrons. The summed E-state index contributed by atoms with van der Waals surface area (Å²) in [5, 5.41) is 15.2. The molecule has 4 unspecified atom stereocenters. The first-order valence-electron chi connectivity index (χ1n) is 7.97. The first kappa shape index (κ1) is 16.4. The van der Waals surface area contributed by atoms with Gasteiger partial charge >= 0.3 is 5.97 Å². The van der Waals surface area contributed by atoms with Crippen molar-refractivity contribution in [3.8, 4) is 0 Å². The fourth-order valence-corrected chi connectivity index (χ4v) is 3.83. The molecule has 6 heteroatoms. The van der Waals surface area contributed by atoms with Crippen molar-refractivity contribution in [1.29, 1.82) is 0 Å². The standard InChI is InChI=1S/C18H20N2O4/c1-10(2)18(17(23)24)14-13(15(21)19-16(14)22)12(20-18)9-8-11-6-4-3-5-7-11/h3-10,12-14,20H,1-2H3,(H,23,24)(H,19,21,22)/b9-8+. The van der Waals surface area contributed by atoms with Crippen molar-refractivity contribution in [1.82, 2.24) is 10.6 Å². The lowest BCUT2D eigenvalue weighted by Gasteiger charge is -2.33. The predicted molar refractivity (Wildman–Crippen MR) is 87.7 cm³/mol. The lowest BCUT2D eigenvalue weighted by atomic mass is 9.73. The number of carboxylic acids is 1. The van der Waals surface area contributed by atoms with E-state index >= 15 is 0 Å². The second-order valence-electron chi connectivity index (χ2n) is 6.63. The van der Waals surface area contributed by atoms with Gasteiger partial charge in [-0.25, -0.2) is 0 Å². The molecular weight excluding hydrogens is 308 g/mol. The number of hydrogen-bond donors (Lipinski definition) is 3. The second-order valence-corrected chi connectivity index (χ2v) is 6.63. The Morgan fingerprint density at radius 1 is 1.21 bits per heavy atom. The van der Waals surface area contributed by atoms with Crippen molar-refractivity contribution in [3.05, 3.63) is 42.0 Å². The van der Waals surface area contributed by atoms with Gasteiger partial charge in [0.15, 0.2) is 0 Å². The van der Waals surface area contributed by atoms with E-state index in [-0.39, 0.29) is 5.92 Å². The van der Waals surface area contributed by atoms with Gasteiger partial charge in [-0.2, -0.15) is 0 Å². The molecule has 0 bridgehead atoms. The lowest BCUT2D eigenvalue weighted by Crippen LogP contribution is -2.59. The summed E-state index contributed by atoms with van der Waals surface area (Å²) in [6.45, 7) is 3.50. The van der Waals surface area contributed by atoms with Gasteiger partial charge < -0.3 is 5.11 Å². The zero-order valence-corrected chi connectivity index (χ0v) is 13.5. The minimum atomic E-state index is -1.45. The molecule has 3 N–H and O–H groups in total. The molecule has 1 aromatic carbocycles. The Kier molecular flexibility index (Phi) is 4.01. The van der Waals surface area contributed by atoms with Gasteiger partial charge in [0.2, 0.25) is 11.8 Å². The van der Waals surface area contributed by atoms with E-state index in [1.165, 1.54) is 0 Å². The molecule has 3 rings (SSSR count). The number of hydrogen-bond acceptors (Lipinski definition) is 4. The lowest BCUT2D eigenvalue weighted by molar-refractivity contribution is -0.151. The smallest absolute Gasteiger partial charge is 0.325 e. The number of aliphatic carboxylic acids is 1. The Labute approximate surface area is 139 Å². The number of nitrogens with one attached hydrogen (secondary N) is 2. The van der Waals surface area contributed by atoms with E-state index in [2.05, 4.69) is 10.6 Å². The second kappa shape index (κ2) is 5.87. The number of carbonyl (C=O) groups excluding carboxylic acids is 2. The molecule has 2 fully saturated rings. The highest BCUT2D eigenvalue weighted by Gasteiger charge is 2.66. The predicted octanol–water partition coefficient (Wildman–Crippen LogP) is 1.04. The van der Waals surface area contributed by atoms with Gasteiger partial charge in [-0.1, -0.05) is 56.3 Å². The summed E-state index contributed by atoms with van der Waals surface area (Å²) in [7, 11) is 0. The number of imide groups is 1. The van der Waals surface area contributed by atoms with Crippen molar-refractivity contribution in [2.75, 3.05) is 0 Å². The Bertz CT molecular complexity index is 713. The Morgan fingerprint density at radius 2 is 1.88 bits per heavy atom. The highest BCUT2D eigenvalue weighted by atomic mass is 16.4. The molecule has 0 radical (unpaired) electrons. The van der Waals surface area contributed by atoms with Gasteiger partial charge in [-0.15, -0.1) is 0 Å². The third-order valence-electron chi connectivity index (χ3n) is 5.03.